The molecule has 0 unspecified atom stereocenters. The van der Waals surface area contributed by atoms with E-state index in [1.807, 2.05) is 51.1 Å². The Bertz CT molecular complexity index is 826. The molecule has 142 valence electrons. The van der Waals surface area contributed by atoms with Crippen LogP contribution in [0.4, 0.5) is 11.5 Å². The van der Waals surface area contributed by atoms with Gasteiger partial charge in [0.15, 0.2) is 0 Å². The molecule has 0 atom stereocenters. The highest BCUT2D eigenvalue weighted by Crippen LogP contribution is 2.29. The molecule has 2 aromatic rings. The van der Waals surface area contributed by atoms with Crippen LogP contribution in [-0.4, -0.2) is 18.0 Å². The van der Waals surface area contributed by atoms with Crippen molar-refractivity contribution in [2.75, 3.05) is 17.7 Å². The lowest BCUT2D eigenvalue weighted by Crippen LogP contribution is -2.18. The number of aryl methyl sites for hydroxylation is 1. The van der Waals surface area contributed by atoms with Crippen molar-refractivity contribution in [3.05, 3.63) is 52.7 Å². The Morgan fingerprint density at radius 1 is 1.30 bits per heavy atom. The van der Waals surface area contributed by atoms with E-state index in [1.54, 1.807) is 7.11 Å². The van der Waals surface area contributed by atoms with Crippen molar-refractivity contribution in [3.63, 3.8) is 0 Å². The van der Waals surface area contributed by atoms with E-state index in [0.717, 1.165) is 5.56 Å². The number of aromatic nitrogens is 1. The van der Waals surface area contributed by atoms with Crippen LogP contribution in [0.15, 0.2) is 30.3 Å². The van der Waals surface area contributed by atoms with Gasteiger partial charge in [-0.15, -0.1) is 0 Å². The highest BCUT2D eigenvalue weighted by Gasteiger charge is 2.20. The van der Waals surface area contributed by atoms with Crippen molar-refractivity contribution < 1.29 is 9.53 Å². The van der Waals surface area contributed by atoms with Gasteiger partial charge in [0.2, 0.25) is 5.91 Å². The second-order valence-electron chi connectivity index (χ2n) is 6.80. The Labute approximate surface area is 160 Å². The fraction of sp³-hybridized carbons (Fsp3) is 0.381. The van der Waals surface area contributed by atoms with Gasteiger partial charge >= 0.3 is 0 Å². The first-order valence-corrected chi connectivity index (χ1v) is 8.96. The maximum atomic E-state index is 12.2. The van der Waals surface area contributed by atoms with Gasteiger partial charge in [-0.05, 0) is 18.4 Å². The summed E-state index contributed by atoms with van der Waals surface area (Å²) in [5, 5.41) is 15.9. The number of nitriles is 1. The normalized spacial score (nSPS) is 10.5. The third-order valence-corrected chi connectivity index (χ3v) is 4.04. The first-order valence-electron chi connectivity index (χ1n) is 8.96. The number of methoxy groups -OCH3 is 1. The number of carbonyl (C=O) groups is 1. The number of amides is 1. The van der Waals surface area contributed by atoms with Gasteiger partial charge in [0.1, 0.15) is 17.5 Å². The fourth-order valence-electron chi connectivity index (χ4n) is 2.81. The Morgan fingerprint density at radius 3 is 2.59 bits per heavy atom. The van der Waals surface area contributed by atoms with E-state index in [4.69, 9.17) is 4.74 Å². The molecule has 0 aliphatic heterocycles. The van der Waals surface area contributed by atoms with Crippen molar-refractivity contribution in [2.45, 2.75) is 40.3 Å². The average molecular weight is 366 g/mol. The minimum Gasteiger partial charge on any atom is -0.380 e. The zero-order valence-corrected chi connectivity index (χ0v) is 16.3. The first-order chi connectivity index (χ1) is 13.0. The lowest BCUT2D eigenvalue weighted by Gasteiger charge is -2.18. The summed E-state index contributed by atoms with van der Waals surface area (Å²) in [6, 6.07) is 12.1. The van der Waals surface area contributed by atoms with Crippen molar-refractivity contribution in [3.8, 4) is 6.07 Å². The molecule has 0 bridgehead atoms. The zero-order valence-electron chi connectivity index (χ0n) is 16.3. The van der Waals surface area contributed by atoms with Crippen molar-refractivity contribution in [1.82, 2.24) is 4.98 Å². The Hall–Kier alpha value is -2.91. The SMILES string of the molecule is COCc1c(C#N)c(NCc2ccccc2)nc(C)c1NC(=O)CC(C)C. The summed E-state index contributed by atoms with van der Waals surface area (Å²) in [5.74, 6) is 0.639. The van der Waals surface area contributed by atoms with Crippen LogP contribution in [0.5, 0.6) is 0 Å². The quantitative estimate of drug-likeness (QED) is 0.737. The molecule has 0 saturated heterocycles. The van der Waals surface area contributed by atoms with Crippen LogP contribution in [0.25, 0.3) is 0 Å². The number of benzene rings is 1. The molecule has 0 spiro atoms. The van der Waals surface area contributed by atoms with Gasteiger partial charge in [0, 0.05) is 25.6 Å². The highest BCUT2D eigenvalue weighted by atomic mass is 16.5. The number of rotatable bonds is 8. The number of anilines is 2. The molecule has 27 heavy (non-hydrogen) atoms. The second-order valence-corrected chi connectivity index (χ2v) is 6.80. The van der Waals surface area contributed by atoms with Crippen LogP contribution < -0.4 is 10.6 Å². The number of carbonyl (C=O) groups excluding carboxylic acids is 1. The van der Waals surface area contributed by atoms with Crippen molar-refractivity contribution in [1.29, 1.82) is 5.26 Å². The van der Waals surface area contributed by atoms with E-state index in [0.29, 0.717) is 41.3 Å². The van der Waals surface area contributed by atoms with E-state index in [9.17, 15) is 10.1 Å². The Kier molecular flexibility index (Phi) is 7.33. The third-order valence-electron chi connectivity index (χ3n) is 4.04. The minimum atomic E-state index is -0.0962. The average Bonchev–Trinajstić information content (AvgIpc) is 2.63. The molecule has 1 amide bonds. The van der Waals surface area contributed by atoms with Crippen LogP contribution in [0.3, 0.4) is 0 Å². The van der Waals surface area contributed by atoms with Crippen LogP contribution in [0.2, 0.25) is 0 Å². The van der Waals surface area contributed by atoms with Gasteiger partial charge in [-0.3, -0.25) is 4.79 Å². The van der Waals surface area contributed by atoms with Gasteiger partial charge in [0.05, 0.1) is 18.0 Å². The van der Waals surface area contributed by atoms with E-state index >= 15 is 0 Å². The molecule has 0 fully saturated rings. The summed E-state index contributed by atoms with van der Waals surface area (Å²) in [6.45, 7) is 6.55. The van der Waals surface area contributed by atoms with Crippen molar-refractivity contribution in [2.24, 2.45) is 5.92 Å². The monoisotopic (exact) mass is 366 g/mol. The number of nitrogens with zero attached hydrogens (tertiary/aromatic N) is 2. The topological polar surface area (TPSA) is 87.0 Å². The van der Waals surface area contributed by atoms with Crippen LogP contribution in [0.1, 0.15) is 42.7 Å². The van der Waals surface area contributed by atoms with Gasteiger partial charge in [0.25, 0.3) is 0 Å². The first kappa shape index (κ1) is 20.4. The molecule has 0 radical (unpaired) electrons. The van der Waals surface area contributed by atoms with Gasteiger partial charge < -0.3 is 15.4 Å². The predicted octanol–water partition coefficient (Wildman–Crippen LogP) is 4.00. The summed E-state index contributed by atoms with van der Waals surface area (Å²) < 4.78 is 5.29. The molecule has 1 heterocycles. The lowest BCUT2D eigenvalue weighted by atomic mass is 10.0. The molecular formula is C21H26N4O2. The molecule has 6 nitrogen and oxygen atoms in total. The Balaban J connectivity index is 2.36. The summed E-state index contributed by atoms with van der Waals surface area (Å²) >= 11 is 0. The largest absolute Gasteiger partial charge is 0.380 e. The standard InChI is InChI=1S/C21H26N4O2/c1-14(2)10-19(26)25-20-15(3)24-21(17(11-22)18(20)13-27-4)23-12-16-8-6-5-7-9-16/h5-9,14H,10,12-13H2,1-4H3,(H,23,24)(H,25,26). The maximum Gasteiger partial charge on any atom is 0.224 e. The summed E-state index contributed by atoms with van der Waals surface area (Å²) in [5.41, 5.74) is 3.32. The van der Waals surface area contributed by atoms with Gasteiger partial charge in [-0.2, -0.15) is 5.26 Å². The maximum absolute atomic E-state index is 12.2. The molecule has 2 rings (SSSR count). The smallest absolute Gasteiger partial charge is 0.224 e. The molecule has 0 aliphatic carbocycles. The van der Waals surface area contributed by atoms with E-state index in [-0.39, 0.29) is 18.4 Å². The molecule has 1 aromatic heterocycles. The van der Waals surface area contributed by atoms with Gasteiger partial charge in [-0.1, -0.05) is 44.2 Å². The van der Waals surface area contributed by atoms with E-state index in [2.05, 4.69) is 21.7 Å². The Morgan fingerprint density at radius 2 is 2.00 bits per heavy atom. The number of nitrogens with one attached hydrogen (secondary N) is 2. The van der Waals surface area contributed by atoms with E-state index < -0.39 is 0 Å². The molecular weight excluding hydrogens is 340 g/mol. The molecule has 0 saturated carbocycles. The molecule has 2 N–H and O–H groups in total. The third kappa shape index (κ3) is 5.53. The lowest BCUT2D eigenvalue weighted by molar-refractivity contribution is -0.116. The zero-order chi connectivity index (χ0) is 19.8. The molecule has 1 aromatic carbocycles. The molecule has 6 heteroatoms. The number of pyridine rings is 1. The van der Waals surface area contributed by atoms with Crippen LogP contribution in [-0.2, 0) is 22.7 Å². The summed E-state index contributed by atoms with van der Waals surface area (Å²) in [7, 11) is 1.56. The number of hydrogen-bond donors (Lipinski definition) is 2. The van der Waals surface area contributed by atoms with Crippen LogP contribution in [0, 0.1) is 24.2 Å². The highest BCUT2D eigenvalue weighted by molar-refractivity contribution is 5.93. The van der Waals surface area contributed by atoms with Gasteiger partial charge in [-0.25, -0.2) is 4.98 Å². The second kappa shape index (κ2) is 9.70. The summed E-state index contributed by atoms with van der Waals surface area (Å²) in [6.07, 6.45) is 0.405. The predicted molar refractivity (Wildman–Crippen MR) is 106 cm³/mol. The minimum absolute atomic E-state index is 0.0962. The fourth-order valence-corrected chi connectivity index (χ4v) is 2.81. The van der Waals surface area contributed by atoms with Crippen LogP contribution >= 0.6 is 0 Å². The summed E-state index contributed by atoms with van der Waals surface area (Å²) in [4.78, 5) is 16.8. The number of ether oxygens (including phenoxy) is 1. The molecule has 0 aliphatic rings. The van der Waals surface area contributed by atoms with E-state index in [1.165, 1.54) is 0 Å². The van der Waals surface area contributed by atoms with Crippen molar-refractivity contribution >= 4 is 17.4 Å². The number of hydrogen-bond acceptors (Lipinski definition) is 5.